The van der Waals surface area contributed by atoms with E-state index in [1.54, 1.807) is 6.92 Å². The molecule has 0 bridgehead atoms. The molecule has 2 rings (SSSR count). The van der Waals surface area contributed by atoms with Gasteiger partial charge in [-0.25, -0.2) is 4.98 Å². The first kappa shape index (κ1) is 17.7. The number of hydrogen-bond donors (Lipinski definition) is 1. The molecule has 0 aliphatic rings. The van der Waals surface area contributed by atoms with Crippen molar-refractivity contribution < 1.29 is 22.8 Å². The number of ether oxygens (including phenoxy) is 1. The Hall–Kier alpha value is -2.62. The molecule has 11 heteroatoms. The van der Waals surface area contributed by atoms with Crippen LogP contribution in [-0.2, 0) is 6.18 Å². The van der Waals surface area contributed by atoms with Crippen LogP contribution >= 0.6 is 11.6 Å². The average Bonchev–Trinajstić information content (AvgIpc) is 2.48. The van der Waals surface area contributed by atoms with Crippen LogP contribution in [0.25, 0.3) is 0 Å². The zero-order valence-electron chi connectivity index (χ0n) is 12.1. The van der Waals surface area contributed by atoms with E-state index >= 15 is 0 Å². The first-order valence-corrected chi connectivity index (χ1v) is 6.87. The second kappa shape index (κ2) is 6.87. The van der Waals surface area contributed by atoms with Gasteiger partial charge in [-0.3, -0.25) is 10.1 Å². The molecular formula is C13H10ClF3N4O3. The molecule has 0 amide bonds. The van der Waals surface area contributed by atoms with E-state index in [-0.39, 0.29) is 29.0 Å². The Morgan fingerprint density at radius 3 is 2.67 bits per heavy atom. The summed E-state index contributed by atoms with van der Waals surface area (Å²) in [7, 11) is 0. The molecule has 1 heterocycles. The molecule has 0 atom stereocenters. The Morgan fingerprint density at radius 2 is 2.08 bits per heavy atom. The fraction of sp³-hybridized carbons (Fsp3) is 0.231. The van der Waals surface area contributed by atoms with Crippen LogP contribution in [0.1, 0.15) is 12.5 Å². The Morgan fingerprint density at radius 1 is 1.38 bits per heavy atom. The fourth-order valence-corrected chi connectivity index (χ4v) is 1.95. The number of nitro groups is 1. The van der Waals surface area contributed by atoms with Crippen molar-refractivity contribution >= 4 is 28.8 Å². The number of anilines is 2. The summed E-state index contributed by atoms with van der Waals surface area (Å²) in [6, 6.07) is 2.56. The molecule has 0 spiro atoms. The summed E-state index contributed by atoms with van der Waals surface area (Å²) >= 11 is 5.85. The van der Waals surface area contributed by atoms with Gasteiger partial charge in [0, 0.05) is 0 Å². The van der Waals surface area contributed by atoms with Crippen LogP contribution in [0.2, 0.25) is 5.02 Å². The molecule has 0 saturated carbocycles. The minimum atomic E-state index is -4.59. The van der Waals surface area contributed by atoms with E-state index in [1.165, 1.54) is 0 Å². The quantitative estimate of drug-likeness (QED) is 0.633. The maximum Gasteiger partial charge on any atom is 0.416 e. The summed E-state index contributed by atoms with van der Waals surface area (Å²) in [5.74, 6) is -0.636. The van der Waals surface area contributed by atoms with Crippen molar-refractivity contribution in [2.45, 2.75) is 13.1 Å². The predicted molar refractivity (Wildman–Crippen MR) is 79.6 cm³/mol. The molecule has 24 heavy (non-hydrogen) atoms. The predicted octanol–water partition coefficient (Wildman–Crippen LogP) is 4.20. The summed E-state index contributed by atoms with van der Waals surface area (Å²) in [5, 5.41) is 13.6. The lowest BCUT2D eigenvalue weighted by Gasteiger charge is -2.12. The number of aromatic nitrogens is 2. The normalized spacial score (nSPS) is 11.2. The highest BCUT2D eigenvalue weighted by Crippen LogP contribution is 2.37. The lowest BCUT2D eigenvalue weighted by Crippen LogP contribution is -2.08. The summed E-state index contributed by atoms with van der Waals surface area (Å²) in [5.41, 5.74) is -1.75. The van der Waals surface area contributed by atoms with Gasteiger partial charge in [0.05, 0.1) is 27.8 Å². The maximum atomic E-state index is 12.8. The van der Waals surface area contributed by atoms with Gasteiger partial charge in [-0.1, -0.05) is 11.6 Å². The Labute approximate surface area is 138 Å². The summed E-state index contributed by atoms with van der Waals surface area (Å²) in [6.45, 7) is 1.71. The first-order valence-electron chi connectivity index (χ1n) is 6.50. The molecule has 0 radical (unpaired) electrons. The molecule has 0 unspecified atom stereocenters. The van der Waals surface area contributed by atoms with Crippen molar-refractivity contribution in [3.63, 3.8) is 0 Å². The van der Waals surface area contributed by atoms with E-state index in [9.17, 15) is 23.3 Å². The molecule has 7 nitrogen and oxygen atoms in total. The van der Waals surface area contributed by atoms with Crippen molar-refractivity contribution in [1.82, 2.24) is 9.97 Å². The average molecular weight is 363 g/mol. The Bertz CT molecular complexity index is 771. The third-order valence-electron chi connectivity index (χ3n) is 2.80. The highest BCUT2D eigenvalue weighted by Gasteiger charge is 2.31. The topological polar surface area (TPSA) is 90.2 Å². The first-order chi connectivity index (χ1) is 11.2. The van der Waals surface area contributed by atoms with Crippen molar-refractivity contribution in [2.24, 2.45) is 0 Å². The lowest BCUT2D eigenvalue weighted by molar-refractivity contribution is -0.385. The van der Waals surface area contributed by atoms with Gasteiger partial charge < -0.3 is 10.1 Å². The third kappa shape index (κ3) is 3.82. The highest BCUT2D eigenvalue weighted by molar-refractivity contribution is 6.33. The maximum absolute atomic E-state index is 12.8. The van der Waals surface area contributed by atoms with Gasteiger partial charge in [-0.15, -0.1) is 0 Å². The molecule has 0 aliphatic carbocycles. The molecule has 1 aromatic heterocycles. The Balaban J connectivity index is 2.48. The number of hydrogen-bond acceptors (Lipinski definition) is 6. The van der Waals surface area contributed by atoms with E-state index in [0.29, 0.717) is 0 Å². The van der Waals surface area contributed by atoms with E-state index in [2.05, 4.69) is 15.3 Å². The van der Waals surface area contributed by atoms with Crippen LogP contribution in [0, 0.1) is 10.1 Å². The van der Waals surface area contributed by atoms with Gasteiger partial charge in [0.25, 0.3) is 5.88 Å². The number of nitrogens with zero attached hydrogens (tertiary/aromatic N) is 3. The molecule has 0 fully saturated rings. The molecular weight excluding hydrogens is 353 g/mol. The van der Waals surface area contributed by atoms with E-state index in [4.69, 9.17) is 16.3 Å². The van der Waals surface area contributed by atoms with Gasteiger partial charge in [-0.05, 0) is 25.1 Å². The second-order valence-electron chi connectivity index (χ2n) is 4.38. The second-order valence-corrected chi connectivity index (χ2v) is 4.79. The van der Waals surface area contributed by atoms with Crippen molar-refractivity contribution in [3.05, 3.63) is 45.2 Å². The van der Waals surface area contributed by atoms with E-state index in [1.807, 2.05) is 0 Å². The minimum Gasteiger partial charge on any atom is -0.473 e. The van der Waals surface area contributed by atoms with Gasteiger partial charge >= 0.3 is 11.9 Å². The van der Waals surface area contributed by atoms with Crippen LogP contribution < -0.4 is 10.1 Å². The highest BCUT2D eigenvalue weighted by atomic mass is 35.5. The van der Waals surface area contributed by atoms with Crippen molar-refractivity contribution in [1.29, 1.82) is 0 Å². The SMILES string of the molecule is CCOc1ncnc(Nc2cc(C(F)(F)F)ccc2Cl)c1[N+](=O)[O-]. The Kier molecular flexibility index (Phi) is 5.07. The standard InChI is InChI=1S/C13H10ClF3N4O3/c1-2-24-12-10(21(22)23)11(18-6-19-12)20-9-5-7(13(15,16)17)3-4-8(9)14/h3-6H,2H2,1H3,(H,18,19,20). The smallest absolute Gasteiger partial charge is 0.416 e. The van der Waals surface area contributed by atoms with E-state index in [0.717, 1.165) is 24.5 Å². The van der Waals surface area contributed by atoms with Crippen LogP contribution in [0.4, 0.5) is 30.4 Å². The largest absolute Gasteiger partial charge is 0.473 e. The monoisotopic (exact) mass is 362 g/mol. The van der Waals surface area contributed by atoms with Crippen LogP contribution in [0.3, 0.4) is 0 Å². The number of rotatable bonds is 5. The third-order valence-corrected chi connectivity index (χ3v) is 3.13. The molecule has 1 N–H and O–H groups in total. The summed E-state index contributed by atoms with van der Waals surface area (Å²) in [4.78, 5) is 17.7. The molecule has 0 saturated heterocycles. The van der Waals surface area contributed by atoms with Crippen molar-refractivity contribution in [2.75, 3.05) is 11.9 Å². The molecule has 1 aromatic carbocycles. The minimum absolute atomic E-state index is 0.0612. The van der Waals surface area contributed by atoms with Crippen LogP contribution in [0.15, 0.2) is 24.5 Å². The van der Waals surface area contributed by atoms with E-state index < -0.39 is 22.4 Å². The van der Waals surface area contributed by atoms with Gasteiger partial charge in [-0.2, -0.15) is 18.2 Å². The molecule has 0 aliphatic heterocycles. The number of alkyl halides is 3. The van der Waals surface area contributed by atoms with Crippen LogP contribution in [-0.4, -0.2) is 21.5 Å². The molecule has 2 aromatic rings. The zero-order chi connectivity index (χ0) is 17.9. The van der Waals surface area contributed by atoms with Gasteiger partial charge in [0.1, 0.15) is 6.33 Å². The zero-order valence-corrected chi connectivity index (χ0v) is 12.9. The number of halogens is 4. The van der Waals surface area contributed by atoms with Crippen molar-refractivity contribution in [3.8, 4) is 5.88 Å². The number of nitrogens with one attached hydrogen (secondary N) is 1. The lowest BCUT2D eigenvalue weighted by atomic mass is 10.2. The van der Waals surface area contributed by atoms with Crippen LogP contribution in [0.5, 0.6) is 5.88 Å². The van der Waals surface area contributed by atoms with Gasteiger partial charge in [0.2, 0.25) is 5.82 Å². The van der Waals surface area contributed by atoms with Gasteiger partial charge in [0.15, 0.2) is 0 Å². The fourth-order valence-electron chi connectivity index (χ4n) is 1.79. The number of benzene rings is 1. The summed E-state index contributed by atoms with van der Waals surface area (Å²) in [6.07, 6.45) is -3.60. The molecule has 128 valence electrons. The summed E-state index contributed by atoms with van der Waals surface area (Å²) < 4.78 is 43.4.